The Morgan fingerprint density at radius 2 is 1.97 bits per heavy atom. The number of thioether (sulfide) groups is 1. The van der Waals surface area contributed by atoms with Gasteiger partial charge in [0.1, 0.15) is 23.4 Å². The minimum Gasteiger partial charge on any atom is -0.315 e. The highest BCUT2D eigenvalue weighted by atomic mass is 32.2. The number of hydrogen-bond donors (Lipinski definition) is 1. The van der Waals surface area contributed by atoms with Gasteiger partial charge in [-0.3, -0.25) is 9.59 Å². The standard InChI is InChI=1S/C24H23FN4O2S/c1-24-12-11-20(30)29(24)19(14-32-24)23(31)27-22-21(17-7-9-18(25)10-8-17)26-15-28(22)13-16-5-3-2-4-6-16/h2-10,15,19H,11-14H2,1H3,(H,27,31). The van der Waals surface area contributed by atoms with Gasteiger partial charge in [-0.2, -0.15) is 0 Å². The average molecular weight is 451 g/mol. The normalized spacial score (nSPS) is 22.2. The molecule has 6 nitrogen and oxygen atoms in total. The Balaban J connectivity index is 1.48. The number of carbonyl (C=O) groups is 2. The highest BCUT2D eigenvalue weighted by Gasteiger charge is 2.53. The van der Waals surface area contributed by atoms with Crippen LogP contribution in [0.2, 0.25) is 0 Å². The molecule has 1 N–H and O–H groups in total. The molecule has 3 heterocycles. The van der Waals surface area contributed by atoms with Crippen LogP contribution in [-0.4, -0.2) is 42.9 Å². The first kappa shape index (κ1) is 20.8. The molecular formula is C24H23FN4O2S. The number of imidazole rings is 1. The minimum absolute atomic E-state index is 0.0224. The van der Waals surface area contributed by atoms with Crippen molar-refractivity contribution in [2.75, 3.05) is 11.1 Å². The van der Waals surface area contributed by atoms with Crippen LogP contribution in [0.3, 0.4) is 0 Å². The summed E-state index contributed by atoms with van der Waals surface area (Å²) in [5.74, 6) is 0.560. The third-order valence-electron chi connectivity index (χ3n) is 6.14. The lowest BCUT2D eigenvalue weighted by Gasteiger charge is -2.30. The van der Waals surface area contributed by atoms with E-state index < -0.39 is 6.04 Å². The number of rotatable bonds is 5. The zero-order valence-corrected chi connectivity index (χ0v) is 18.4. The lowest BCUT2D eigenvalue weighted by molar-refractivity contribution is -0.135. The summed E-state index contributed by atoms with van der Waals surface area (Å²) < 4.78 is 15.3. The summed E-state index contributed by atoms with van der Waals surface area (Å²) in [4.78, 5) is 31.8. The molecule has 2 unspecified atom stereocenters. The third-order valence-corrected chi connectivity index (χ3v) is 7.65. The predicted molar refractivity (Wildman–Crippen MR) is 123 cm³/mol. The summed E-state index contributed by atoms with van der Waals surface area (Å²) in [6.45, 7) is 2.55. The van der Waals surface area contributed by atoms with Crippen molar-refractivity contribution in [3.05, 3.63) is 72.3 Å². The fourth-order valence-electron chi connectivity index (χ4n) is 4.45. The van der Waals surface area contributed by atoms with E-state index in [9.17, 15) is 14.0 Å². The van der Waals surface area contributed by atoms with Crippen molar-refractivity contribution in [1.29, 1.82) is 0 Å². The zero-order valence-electron chi connectivity index (χ0n) is 17.6. The molecule has 0 radical (unpaired) electrons. The topological polar surface area (TPSA) is 67.2 Å². The van der Waals surface area contributed by atoms with E-state index in [-0.39, 0.29) is 22.5 Å². The molecule has 2 aliphatic rings. The summed E-state index contributed by atoms with van der Waals surface area (Å²) in [5, 5.41) is 3.05. The molecule has 2 aromatic carbocycles. The molecule has 2 atom stereocenters. The molecule has 2 fully saturated rings. The maximum Gasteiger partial charge on any atom is 0.249 e. The van der Waals surface area contributed by atoms with Crippen LogP contribution in [0.4, 0.5) is 10.2 Å². The smallest absolute Gasteiger partial charge is 0.249 e. The van der Waals surface area contributed by atoms with Crippen molar-refractivity contribution in [2.45, 2.75) is 37.2 Å². The first-order valence-electron chi connectivity index (χ1n) is 10.6. The van der Waals surface area contributed by atoms with E-state index >= 15 is 0 Å². The maximum absolute atomic E-state index is 13.5. The average Bonchev–Trinajstić information content (AvgIpc) is 3.43. The van der Waals surface area contributed by atoms with Crippen molar-refractivity contribution >= 4 is 29.4 Å². The van der Waals surface area contributed by atoms with Gasteiger partial charge in [-0.05, 0) is 43.2 Å². The van der Waals surface area contributed by atoms with E-state index in [1.165, 1.54) is 12.1 Å². The van der Waals surface area contributed by atoms with Gasteiger partial charge in [-0.1, -0.05) is 30.3 Å². The van der Waals surface area contributed by atoms with Crippen LogP contribution < -0.4 is 5.32 Å². The van der Waals surface area contributed by atoms with E-state index in [4.69, 9.17) is 0 Å². The Kier molecular flexibility index (Phi) is 5.25. The molecule has 0 aliphatic carbocycles. The number of hydrogen-bond acceptors (Lipinski definition) is 4. The highest BCUT2D eigenvalue weighted by Crippen LogP contribution is 2.47. The second kappa shape index (κ2) is 8.09. The molecule has 0 spiro atoms. The summed E-state index contributed by atoms with van der Waals surface area (Å²) in [5.41, 5.74) is 2.33. The highest BCUT2D eigenvalue weighted by molar-refractivity contribution is 8.01. The Labute approximate surface area is 189 Å². The first-order chi connectivity index (χ1) is 15.4. The van der Waals surface area contributed by atoms with Gasteiger partial charge in [0.15, 0.2) is 0 Å². The van der Waals surface area contributed by atoms with Crippen LogP contribution in [0.5, 0.6) is 0 Å². The molecule has 5 rings (SSSR count). The molecule has 0 saturated carbocycles. The fourth-order valence-corrected chi connectivity index (χ4v) is 5.88. The van der Waals surface area contributed by atoms with Gasteiger partial charge < -0.3 is 14.8 Å². The van der Waals surface area contributed by atoms with Crippen molar-refractivity contribution < 1.29 is 14.0 Å². The number of halogens is 1. The van der Waals surface area contributed by atoms with Gasteiger partial charge in [0, 0.05) is 17.7 Å². The van der Waals surface area contributed by atoms with Crippen LogP contribution in [0.25, 0.3) is 11.3 Å². The fraction of sp³-hybridized carbons (Fsp3) is 0.292. The van der Waals surface area contributed by atoms with Crippen LogP contribution in [0.15, 0.2) is 60.9 Å². The van der Waals surface area contributed by atoms with Gasteiger partial charge in [-0.15, -0.1) is 11.8 Å². The number of carbonyl (C=O) groups excluding carboxylic acids is 2. The quantitative estimate of drug-likeness (QED) is 0.635. The van der Waals surface area contributed by atoms with E-state index in [0.29, 0.717) is 35.8 Å². The van der Waals surface area contributed by atoms with Gasteiger partial charge in [0.05, 0.1) is 17.7 Å². The largest absolute Gasteiger partial charge is 0.315 e. The lowest BCUT2D eigenvalue weighted by Crippen LogP contribution is -2.48. The molecule has 1 aromatic heterocycles. The van der Waals surface area contributed by atoms with E-state index in [2.05, 4.69) is 10.3 Å². The summed E-state index contributed by atoms with van der Waals surface area (Å²) in [6, 6.07) is 15.4. The number of benzene rings is 2. The molecule has 2 saturated heterocycles. The summed E-state index contributed by atoms with van der Waals surface area (Å²) >= 11 is 1.66. The van der Waals surface area contributed by atoms with E-state index in [1.807, 2.05) is 41.8 Å². The Morgan fingerprint density at radius 1 is 1.22 bits per heavy atom. The number of amides is 2. The Bertz CT molecular complexity index is 1160. The van der Waals surface area contributed by atoms with Crippen molar-refractivity contribution in [2.24, 2.45) is 0 Å². The van der Waals surface area contributed by atoms with Crippen molar-refractivity contribution in [3.63, 3.8) is 0 Å². The van der Waals surface area contributed by atoms with Gasteiger partial charge in [0.25, 0.3) is 0 Å². The van der Waals surface area contributed by atoms with Gasteiger partial charge in [0.2, 0.25) is 11.8 Å². The molecular weight excluding hydrogens is 427 g/mol. The molecule has 8 heteroatoms. The third kappa shape index (κ3) is 3.68. The molecule has 32 heavy (non-hydrogen) atoms. The molecule has 2 amide bonds. The predicted octanol–water partition coefficient (Wildman–Crippen LogP) is 4.13. The van der Waals surface area contributed by atoms with E-state index in [1.54, 1.807) is 35.1 Å². The molecule has 2 aliphatic heterocycles. The second-order valence-corrected chi connectivity index (χ2v) is 9.82. The van der Waals surface area contributed by atoms with Gasteiger partial charge in [-0.25, -0.2) is 9.37 Å². The Morgan fingerprint density at radius 3 is 2.72 bits per heavy atom. The van der Waals surface area contributed by atoms with E-state index in [0.717, 1.165) is 12.0 Å². The molecule has 0 bridgehead atoms. The molecule has 3 aromatic rings. The number of anilines is 1. The molecule has 164 valence electrons. The SMILES string of the molecule is CC12CCC(=O)N1C(C(=O)Nc1c(-c3ccc(F)cc3)ncn1Cc1ccccc1)CS2. The number of nitrogens with one attached hydrogen (secondary N) is 1. The zero-order chi connectivity index (χ0) is 22.3. The number of fused-ring (bicyclic) bond motifs is 1. The van der Waals surface area contributed by atoms with Crippen molar-refractivity contribution in [3.8, 4) is 11.3 Å². The van der Waals surface area contributed by atoms with Gasteiger partial charge >= 0.3 is 0 Å². The summed E-state index contributed by atoms with van der Waals surface area (Å²) in [7, 11) is 0. The van der Waals surface area contributed by atoms with Crippen LogP contribution in [0.1, 0.15) is 25.3 Å². The second-order valence-electron chi connectivity index (χ2n) is 8.32. The van der Waals surface area contributed by atoms with Crippen LogP contribution in [-0.2, 0) is 16.1 Å². The first-order valence-corrected chi connectivity index (χ1v) is 11.6. The minimum atomic E-state index is -0.527. The number of nitrogens with zero attached hydrogens (tertiary/aromatic N) is 3. The monoisotopic (exact) mass is 450 g/mol. The lowest BCUT2D eigenvalue weighted by atomic mass is 10.1. The Hall–Kier alpha value is -3.13. The maximum atomic E-state index is 13.5. The van der Waals surface area contributed by atoms with Crippen LogP contribution >= 0.6 is 11.8 Å². The number of aromatic nitrogens is 2. The van der Waals surface area contributed by atoms with Crippen LogP contribution in [0, 0.1) is 5.82 Å². The van der Waals surface area contributed by atoms with Crippen molar-refractivity contribution in [1.82, 2.24) is 14.5 Å². The summed E-state index contributed by atoms with van der Waals surface area (Å²) in [6.07, 6.45) is 2.91.